The molecular weight excluding hydrogens is 279 g/mol. The number of amidine groups is 1. The molecule has 0 unspecified atom stereocenters. The van der Waals surface area contributed by atoms with Crippen LogP contribution in [0.5, 0.6) is 0 Å². The van der Waals surface area contributed by atoms with Crippen LogP contribution in [0.3, 0.4) is 0 Å². The van der Waals surface area contributed by atoms with Crippen LogP contribution < -0.4 is 24.0 Å². The fourth-order valence-electron chi connectivity index (χ4n) is 2.17. The van der Waals surface area contributed by atoms with Crippen molar-refractivity contribution in [3.63, 3.8) is 0 Å². The van der Waals surface area contributed by atoms with Gasteiger partial charge in [-0.05, 0) is 19.3 Å². The highest BCUT2D eigenvalue weighted by atomic mass is 127. The fraction of sp³-hybridized carbons (Fsp3) is 0.889. The van der Waals surface area contributed by atoms with E-state index in [4.69, 9.17) is 0 Å². The van der Waals surface area contributed by atoms with Gasteiger partial charge in [0.2, 0.25) is 5.84 Å². The van der Waals surface area contributed by atoms with E-state index in [2.05, 4.69) is 16.5 Å². The van der Waals surface area contributed by atoms with E-state index < -0.39 is 0 Å². The summed E-state index contributed by atoms with van der Waals surface area (Å²) in [6.07, 6.45) is 5.48. The van der Waals surface area contributed by atoms with Gasteiger partial charge >= 0.3 is 0 Å². The van der Waals surface area contributed by atoms with Crippen LogP contribution >= 0.6 is 0 Å². The summed E-state index contributed by atoms with van der Waals surface area (Å²) in [4.78, 5) is 2.56. The molecule has 0 aliphatic carbocycles. The van der Waals surface area contributed by atoms with Gasteiger partial charge < -0.3 is 29.5 Å². The lowest BCUT2D eigenvalue weighted by Gasteiger charge is -2.10. The van der Waals surface area contributed by atoms with E-state index in [0.29, 0.717) is 0 Å². The Morgan fingerprint density at radius 3 is 2.23 bits per heavy atom. The maximum atomic E-state index is 2.56. The van der Waals surface area contributed by atoms with Gasteiger partial charge in [0.25, 0.3) is 0 Å². The molecule has 0 spiro atoms. The maximum Gasteiger partial charge on any atom is 0.246 e. The zero-order valence-electron chi connectivity index (χ0n) is 8.22. The van der Waals surface area contributed by atoms with Gasteiger partial charge in [-0.3, -0.25) is 9.48 Å². The standard InChI is InChI=1S/C9H17N2.HI.H2O/c1-10-6-4-5-9(10)11-7-2-3-8-11;;/h2-8H2,1H3;1H;1H2/q+1;;/p-1. The molecule has 0 saturated carbocycles. The van der Waals surface area contributed by atoms with Gasteiger partial charge in [0.1, 0.15) is 0 Å². The van der Waals surface area contributed by atoms with E-state index in [0.717, 1.165) is 0 Å². The molecule has 4 heteroatoms. The van der Waals surface area contributed by atoms with Crippen molar-refractivity contribution in [1.82, 2.24) is 4.90 Å². The van der Waals surface area contributed by atoms with Crippen LogP contribution in [0, 0.1) is 0 Å². The molecule has 0 aromatic carbocycles. The van der Waals surface area contributed by atoms with E-state index in [1.807, 2.05) is 0 Å². The van der Waals surface area contributed by atoms with E-state index >= 15 is 0 Å². The average molecular weight is 298 g/mol. The number of rotatable bonds is 0. The second-order valence-corrected chi connectivity index (χ2v) is 3.64. The Hall–Kier alpha value is 0.160. The quantitative estimate of drug-likeness (QED) is 0.349. The molecule has 2 aliphatic heterocycles. The molecule has 3 nitrogen and oxygen atoms in total. The minimum atomic E-state index is 0. The highest BCUT2D eigenvalue weighted by Crippen LogP contribution is 2.14. The number of likely N-dealkylation sites (tertiary alicyclic amines) is 1. The van der Waals surface area contributed by atoms with Gasteiger partial charge in [0.05, 0.1) is 33.1 Å². The van der Waals surface area contributed by atoms with Gasteiger partial charge in [-0.2, -0.15) is 0 Å². The Balaban J connectivity index is 0.000000720. The summed E-state index contributed by atoms with van der Waals surface area (Å²) in [5.41, 5.74) is 0. The van der Waals surface area contributed by atoms with Gasteiger partial charge in [0.15, 0.2) is 0 Å². The highest BCUT2D eigenvalue weighted by molar-refractivity contribution is 5.78. The summed E-state index contributed by atoms with van der Waals surface area (Å²) in [6, 6.07) is 0. The van der Waals surface area contributed by atoms with Crippen LogP contribution in [-0.4, -0.2) is 47.5 Å². The van der Waals surface area contributed by atoms with Crippen molar-refractivity contribution in [3.8, 4) is 0 Å². The van der Waals surface area contributed by atoms with Crippen molar-refractivity contribution in [2.24, 2.45) is 0 Å². The van der Waals surface area contributed by atoms with Gasteiger partial charge in [-0.25, -0.2) is 0 Å². The number of hydrogen-bond donors (Lipinski definition) is 0. The van der Waals surface area contributed by atoms with Crippen molar-refractivity contribution in [2.75, 3.05) is 26.7 Å². The molecule has 2 aliphatic rings. The summed E-state index contributed by atoms with van der Waals surface area (Å²) in [6.45, 7) is 3.88. The lowest BCUT2D eigenvalue weighted by Crippen LogP contribution is -3.00. The van der Waals surface area contributed by atoms with E-state index in [1.54, 1.807) is 5.84 Å². The molecule has 0 atom stereocenters. The molecule has 13 heavy (non-hydrogen) atoms. The van der Waals surface area contributed by atoms with Gasteiger partial charge in [-0.15, -0.1) is 0 Å². The fourth-order valence-corrected chi connectivity index (χ4v) is 2.17. The zero-order valence-corrected chi connectivity index (χ0v) is 10.4. The first-order chi connectivity index (χ1) is 5.38. The van der Waals surface area contributed by atoms with Crippen LogP contribution in [0.15, 0.2) is 0 Å². The first kappa shape index (κ1) is 13.2. The van der Waals surface area contributed by atoms with Crippen molar-refractivity contribution < 1.29 is 34.0 Å². The number of nitrogens with zero attached hydrogens (tertiary/aromatic N) is 2. The van der Waals surface area contributed by atoms with Crippen molar-refractivity contribution in [3.05, 3.63) is 0 Å². The first-order valence-corrected chi connectivity index (χ1v) is 4.70. The Bertz CT molecular complexity index is 188. The predicted molar refractivity (Wildman–Crippen MR) is 49.7 cm³/mol. The predicted octanol–water partition coefficient (Wildman–Crippen LogP) is -2.90. The van der Waals surface area contributed by atoms with E-state index in [9.17, 15) is 0 Å². The van der Waals surface area contributed by atoms with Crippen LogP contribution in [-0.2, 0) is 0 Å². The third-order valence-electron chi connectivity index (χ3n) is 2.81. The molecular formula is C9H19IN2O. The Morgan fingerprint density at radius 1 is 1.15 bits per heavy atom. The summed E-state index contributed by atoms with van der Waals surface area (Å²) < 4.78 is 2.42. The third-order valence-corrected chi connectivity index (χ3v) is 2.81. The molecule has 0 radical (unpaired) electrons. The molecule has 0 aromatic heterocycles. The first-order valence-electron chi connectivity index (χ1n) is 4.70. The molecule has 2 rings (SSSR count). The summed E-state index contributed by atoms with van der Waals surface area (Å²) in [5.74, 6) is 1.60. The molecule has 1 saturated heterocycles. The topological polar surface area (TPSA) is 37.8 Å². The number of halogens is 1. The van der Waals surface area contributed by atoms with E-state index in [-0.39, 0.29) is 29.5 Å². The van der Waals surface area contributed by atoms with Crippen LogP contribution in [0.2, 0.25) is 0 Å². The minimum Gasteiger partial charge on any atom is -1.00 e. The average Bonchev–Trinajstić information content (AvgIpc) is 2.55. The lowest BCUT2D eigenvalue weighted by molar-refractivity contribution is -0.493. The number of hydrogen-bond acceptors (Lipinski definition) is 1. The zero-order chi connectivity index (χ0) is 7.68. The molecule has 2 N–H and O–H groups in total. The van der Waals surface area contributed by atoms with Crippen LogP contribution in [0.4, 0.5) is 0 Å². The van der Waals surface area contributed by atoms with Gasteiger partial charge in [-0.1, -0.05) is 0 Å². The monoisotopic (exact) mass is 298 g/mol. The van der Waals surface area contributed by atoms with Crippen LogP contribution in [0.25, 0.3) is 0 Å². The minimum absolute atomic E-state index is 0. The maximum absolute atomic E-state index is 2.56. The molecule has 78 valence electrons. The van der Waals surface area contributed by atoms with Crippen LogP contribution in [0.1, 0.15) is 25.7 Å². The summed E-state index contributed by atoms with van der Waals surface area (Å²) in [7, 11) is 2.22. The normalized spacial score (nSPS) is 21.5. The SMILES string of the molecule is C[N+]1=C(N2CCCC2)CCC1.O.[I-]. The smallest absolute Gasteiger partial charge is 0.246 e. The molecule has 1 fully saturated rings. The summed E-state index contributed by atoms with van der Waals surface area (Å²) >= 11 is 0. The van der Waals surface area contributed by atoms with Crippen molar-refractivity contribution in [1.29, 1.82) is 0 Å². The largest absolute Gasteiger partial charge is 1.00 e. The molecule has 0 amide bonds. The summed E-state index contributed by atoms with van der Waals surface area (Å²) in [5, 5.41) is 0. The Labute approximate surface area is 97.1 Å². The van der Waals surface area contributed by atoms with E-state index in [1.165, 1.54) is 45.3 Å². The lowest BCUT2D eigenvalue weighted by atomic mass is 10.3. The van der Waals surface area contributed by atoms with Crippen molar-refractivity contribution in [2.45, 2.75) is 25.7 Å². The molecule has 0 bridgehead atoms. The Morgan fingerprint density at radius 2 is 1.77 bits per heavy atom. The van der Waals surface area contributed by atoms with Gasteiger partial charge in [0, 0.05) is 0 Å². The Kier molecular flexibility index (Phi) is 5.87. The second kappa shape index (κ2) is 5.80. The molecule has 0 aromatic rings. The second-order valence-electron chi connectivity index (χ2n) is 3.64. The molecule has 2 heterocycles. The third kappa shape index (κ3) is 2.80. The van der Waals surface area contributed by atoms with Crippen molar-refractivity contribution >= 4 is 5.84 Å². The highest BCUT2D eigenvalue weighted by Gasteiger charge is 2.27.